The Morgan fingerprint density at radius 3 is 2.74 bits per heavy atom. The van der Waals surface area contributed by atoms with Crippen LogP contribution in [0.25, 0.3) is 0 Å². The molecular formula is C23H22N4O4. The summed E-state index contributed by atoms with van der Waals surface area (Å²) < 4.78 is 11.5. The molecule has 5 heterocycles. The van der Waals surface area contributed by atoms with E-state index >= 15 is 0 Å². The van der Waals surface area contributed by atoms with Crippen molar-refractivity contribution in [1.82, 2.24) is 19.8 Å². The van der Waals surface area contributed by atoms with Crippen molar-refractivity contribution in [2.24, 2.45) is 0 Å². The van der Waals surface area contributed by atoms with Crippen LogP contribution in [0.4, 0.5) is 0 Å². The first kappa shape index (κ1) is 19.4. The number of pyridine rings is 2. The highest BCUT2D eigenvalue weighted by atomic mass is 16.5. The third-order valence-corrected chi connectivity index (χ3v) is 5.99. The SMILES string of the molecule is O=C(c1ccco1)N1C[C@@H](c2cccnc2)[C@]2(C1)OCCN(Cc1ccncc1)C2=O. The van der Waals surface area contributed by atoms with Gasteiger partial charge in [-0.25, -0.2) is 0 Å². The third kappa shape index (κ3) is 3.48. The molecule has 0 saturated carbocycles. The Morgan fingerprint density at radius 2 is 2.00 bits per heavy atom. The molecule has 0 unspecified atom stereocenters. The maximum atomic E-state index is 13.8. The minimum Gasteiger partial charge on any atom is -0.459 e. The zero-order valence-electron chi connectivity index (χ0n) is 16.9. The minimum absolute atomic E-state index is 0.112. The second kappa shape index (κ2) is 7.96. The van der Waals surface area contributed by atoms with Gasteiger partial charge >= 0.3 is 0 Å². The number of hydrogen-bond acceptors (Lipinski definition) is 6. The molecule has 0 radical (unpaired) electrons. The van der Waals surface area contributed by atoms with Crippen molar-refractivity contribution in [3.8, 4) is 0 Å². The lowest BCUT2D eigenvalue weighted by Gasteiger charge is -2.42. The number of morpholine rings is 1. The lowest BCUT2D eigenvalue weighted by atomic mass is 9.83. The molecule has 2 saturated heterocycles. The lowest BCUT2D eigenvalue weighted by molar-refractivity contribution is -0.172. The maximum Gasteiger partial charge on any atom is 0.289 e. The van der Waals surface area contributed by atoms with Crippen LogP contribution in [0.2, 0.25) is 0 Å². The molecule has 158 valence electrons. The molecule has 2 amide bonds. The number of rotatable bonds is 4. The maximum absolute atomic E-state index is 13.8. The Bertz CT molecular complexity index is 1060. The topological polar surface area (TPSA) is 88.8 Å². The summed E-state index contributed by atoms with van der Waals surface area (Å²) in [6, 6.07) is 10.9. The van der Waals surface area contributed by atoms with E-state index in [0.717, 1.165) is 11.1 Å². The van der Waals surface area contributed by atoms with E-state index in [-0.39, 0.29) is 30.0 Å². The van der Waals surface area contributed by atoms with Gasteiger partial charge in [0.1, 0.15) is 0 Å². The number of furan rings is 1. The summed E-state index contributed by atoms with van der Waals surface area (Å²) in [4.78, 5) is 38.5. The molecule has 2 atom stereocenters. The molecule has 2 aliphatic heterocycles. The molecular weight excluding hydrogens is 396 g/mol. The van der Waals surface area contributed by atoms with E-state index in [0.29, 0.717) is 26.2 Å². The second-order valence-corrected chi connectivity index (χ2v) is 7.82. The summed E-state index contributed by atoms with van der Waals surface area (Å²) in [5, 5.41) is 0. The average Bonchev–Trinajstić information content (AvgIpc) is 3.47. The van der Waals surface area contributed by atoms with Crippen LogP contribution in [0.1, 0.15) is 27.6 Å². The Morgan fingerprint density at radius 1 is 1.13 bits per heavy atom. The molecule has 0 aliphatic carbocycles. The van der Waals surface area contributed by atoms with Crippen LogP contribution in [-0.4, -0.2) is 63.4 Å². The molecule has 0 bridgehead atoms. The van der Waals surface area contributed by atoms with Crippen molar-refractivity contribution in [3.05, 3.63) is 84.3 Å². The van der Waals surface area contributed by atoms with Crippen LogP contribution in [-0.2, 0) is 16.1 Å². The first-order valence-electron chi connectivity index (χ1n) is 10.2. The number of aromatic nitrogens is 2. The van der Waals surface area contributed by atoms with Gasteiger partial charge in [0.2, 0.25) is 0 Å². The van der Waals surface area contributed by atoms with Gasteiger partial charge in [-0.15, -0.1) is 0 Å². The fourth-order valence-electron chi connectivity index (χ4n) is 4.48. The fraction of sp³-hybridized carbons (Fsp3) is 0.304. The first-order chi connectivity index (χ1) is 15.2. The quantitative estimate of drug-likeness (QED) is 0.645. The molecule has 0 aromatic carbocycles. The lowest BCUT2D eigenvalue weighted by Crippen LogP contribution is -2.60. The van der Waals surface area contributed by atoms with Crippen molar-refractivity contribution in [3.63, 3.8) is 0 Å². The standard InChI is InChI=1S/C23H22N4O4/c28-21(20-4-2-11-30-20)27-15-19(18-3-1-7-25-13-18)23(16-27)22(29)26(10-12-31-23)14-17-5-8-24-9-6-17/h1-9,11,13,19H,10,12,14-16H2/t19-,23-/m0/s1. The molecule has 8 nitrogen and oxygen atoms in total. The van der Waals surface area contributed by atoms with Gasteiger partial charge in [0.05, 0.1) is 19.4 Å². The van der Waals surface area contributed by atoms with Gasteiger partial charge < -0.3 is 19.0 Å². The highest BCUT2D eigenvalue weighted by molar-refractivity contribution is 5.94. The summed E-state index contributed by atoms with van der Waals surface area (Å²) >= 11 is 0. The van der Waals surface area contributed by atoms with E-state index in [9.17, 15) is 9.59 Å². The molecule has 0 N–H and O–H groups in total. The van der Waals surface area contributed by atoms with E-state index in [2.05, 4.69) is 9.97 Å². The van der Waals surface area contributed by atoms with Crippen LogP contribution < -0.4 is 0 Å². The van der Waals surface area contributed by atoms with Crippen LogP contribution in [0, 0.1) is 0 Å². The van der Waals surface area contributed by atoms with Gasteiger partial charge in [0, 0.05) is 50.3 Å². The normalized spacial score (nSPS) is 23.5. The predicted octanol–water partition coefficient (Wildman–Crippen LogP) is 2.11. The van der Waals surface area contributed by atoms with Crippen molar-refractivity contribution < 1.29 is 18.7 Å². The molecule has 2 fully saturated rings. The van der Waals surface area contributed by atoms with E-state index in [1.54, 1.807) is 41.8 Å². The summed E-state index contributed by atoms with van der Waals surface area (Å²) in [6.07, 6.45) is 8.33. The van der Waals surface area contributed by atoms with Crippen molar-refractivity contribution in [1.29, 1.82) is 0 Å². The van der Waals surface area contributed by atoms with Crippen molar-refractivity contribution >= 4 is 11.8 Å². The predicted molar refractivity (Wildman–Crippen MR) is 110 cm³/mol. The summed E-state index contributed by atoms with van der Waals surface area (Å²) in [5.41, 5.74) is 0.715. The summed E-state index contributed by atoms with van der Waals surface area (Å²) in [6.45, 7) is 1.88. The van der Waals surface area contributed by atoms with E-state index in [1.165, 1.54) is 6.26 Å². The van der Waals surface area contributed by atoms with Gasteiger partial charge in [-0.05, 0) is 41.5 Å². The largest absolute Gasteiger partial charge is 0.459 e. The number of amides is 2. The molecule has 5 rings (SSSR count). The van der Waals surface area contributed by atoms with Gasteiger partial charge in [0.15, 0.2) is 11.4 Å². The molecule has 3 aromatic rings. The van der Waals surface area contributed by atoms with Crippen LogP contribution in [0.3, 0.4) is 0 Å². The number of carbonyl (C=O) groups is 2. The van der Waals surface area contributed by atoms with Gasteiger partial charge in [-0.2, -0.15) is 0 Å². The van der Waals surface area contributed by atoms with Crippen LogP contribution in [0.5, 0.6) is 0 Å². The van der Waals surface area contributed by atoms with E-state index < -0.39 is 5.60 Å². The zero-order valence-corrected chi connectivity index (χ0v) is 16.9. The van der Waals surface area contributed by atoms with Crippen molar-refractivity contribution in [2.75, 3.05) is 26.2 Å². The van der Waals surface area contributed by atoms with E-state index in [4.69, 9.17) is 9.15 Å². The summed E-state index contributed by atoms with van der Waals surface area (Å²) in [7, 11) is 0. The number of ether oxygens (including phenoxy) is 1. The first-order valence-corrected chi connectivity index (χ1v) is 10.2. The average molecular weight is 418 g/mol. The number of nitrogens with zero attached hydrogens (tertiary/aromatic N) is 4. The smallest absolute Gasteiger partial charge is 0.289 e. The fourth-order valence-corrected chi connectivity index (χ4v) is 4.48. The Labute approximate surface area is 179 Å². The number of carbonyl (C=O) groups excluding carboxylic acids is 2. The minimum atomic E-state index is -1.16. The van der Waals surface area contributed by atoms with E-state index in [1.807, 2.05) is 29.2 Å². The Kier molecular flexibility index (Phi) is 4.99. The molecule has 1 spiro atoms. The molecule has 2 aliphatic rings. The van der Waals surface area contributed by atoms with Crippen LogP contribution >= 0.6 is 0 Å². The molecule has 8 heteroatoms. The van der Waals surface area contributed by atoms with Crippen molar-refractivity contribution in [2.45, 2.75) is 18.1 Å². The third-order valence-electron chi connectivity index (χ3n) is 5.99. The second-order valence-electron chi connectivity index (χ2n) is 7.82. The zero-order chi connectivity index (χ0) is 21.3. The summed E-state index contributed by atoms with van der Waals surface area (Å²) in [5.74, 6) is -0.440. The highest BCUT2D eigenvalue weighted by Crippen LogP contribution is 2.42. The molecule has 31 heavy (non-hydrogen) atoms. The Balaban J connectivity index is 1.48. The highest BCUT2D eigenvalue weighted by Gasteiger charge is 2.58. The number of likely N-dealkylation sites (tertiary alicyclic amines) is 1. The van der Waals surface area contributed by atoms with Gasteiger partial charge in [-0.3, -0.25) is 19.6 Å². The monoisotopic (exact) mass is 418 g/mol. The van der Waals surface area contributed by atoms with Gasteiger partial charge in [-0.1, -0.05) is 6.07 Å². The van der Waals surface area contributed by atoms with Crippen LogP contribution in [0.15, 0.2) is 71.9 Å². The molecule has 3 aromatic heterocycles. The number of hydrogen-bond donors (Lipinski definition) is 0. The van der Waals surface area contributed by atoms with Gasteiger partial charge in [0.25, 0.3) is 11.8 Å². The Hall–Kier alpha value is -3.52.